The molecule has 90 valence electrons. The van der Waals surface area contributed by atoms with E-state index in [1.807, 2.05) is 0 Å². The molecule has 0 aromatic heterocycles. The zero-order valence-electron chi connectivity index (χ0n) is 9.37. The SMILES string of the molecule is COCCCCC1(CN)CCS(=O)(=O)C1. The van der Waals surface area contributed by atoms with E-state index >= 15 is 0 Å². The lowest BCUT2D eigenvalue weighted by molar-refractivity contribution is 0.185. The van der Waals surface area contributed by atoms with Crippen molar-refractivity contribution in [3.05, 3.63) is 0 Å². The second kappa shape index (κ2) is 5.27. The van der Waals surface area contributed by atoms with E-state index in [0.29, 0.717) is 12.3 Å². The third kappa shape index (κ3) is 3.74. The summed E-state index contributed by atoms with van der Waals surface area (Å²) in [5.41, 5.74) is 5.56. The average Bonchev–Trinajstić information content (AvgIpc) is 2.50. The van der Waals surface area contributed by atoms with E-state index in [1.165, 1.54) is 0 Å². The quantitative estimate of drug-likeness (QED) is 0.683. The highest BCUT2D eigenvalue weighted by Crippen LogP contribution is 2.36. The van der Waals surface area contributed by atoms with E-state index < -0.39 is 9.84 Å². The number of hydrogen-bond acceptors (Lipinski definition) is 4. The van der Waals surface area contributed by atoms with E-state index in [9.17, 15) is 8.42 Å². The minimum absolute atomic E-state index is 0.146. The van der Waals surface area contributed by atoms with Crippen LogP contribution in [0.1, 0.15) is 25.7 Å². The summed E-state index contributed by atoms with van der Waals surface area (Å²) in [7, 11) is -1.14. The summed E-state index contributed by atoms with van der Waals surface area (Å²) >= 11 is 0. The molecule has 0 aromatic carbocycles. The molecule has 1 saturated heterocycles. The molecule has 5 heteroatoms. The van der Waals surface area contributed by atoms with Gasteiger partial charge in [0.1, 0.15) is 0 Å². The molecule has 4 nitrogen and oxygen atoms in total. The van der Waals surface area contributed by atoms with Crippen LogP contribution in [0.3, 0.4) is 0 Å². The van der Waals surface area contributed by atoms with Crippen molar-refractivity contribution in [1.29, 1.82) is 0 Å². The third-order valence-electron chi connectivity index (χ3n) is 3.21. The fraction of sp³-hybridized carbons (Fsp3) is 1.00. The van der Waals surface area contributed by atoms with Crippen molar-refractivity contribution in [2.24, 2.45) is 11.1 Å². The van der Waals surface area contributed by atoms with Gasteiger partial charge in [0, 0.05) is 13.7 Å². The summed E-state index contributed by atoms with van der Waals surface area (Å²) in [6.07, 6.45) is 3.63. The van der Waals surface area contributed by atoms with E-state index in [4.69, 9.17) is 10.5 Å². The first-order valence-electron chi connectivity index (χ1n) is 5.43. The molecular formula is C10H21NO3S. The maximum atomic E-state index is 11.4. The Kier molecular flexibility index (Phi) is 4.55. The van der Waals surface area contributed by atoms with Gasteiger partial charge in [0.05, 0.1) is 11.5 Å². The number of ether oxygens (including phenoxy) is 1. The van der Waals surface area contributed by atoms with Crippen molar-refractivity contribution >= 4 is 9.84 Å². The van der Waals surface area contributed by atoms with Crippen LogP contribution in [0.15, 0.2) is 0 Å². The summed E-state index contributed by atoms with van der Waals surface area (Å²) in [5.74, 6) is 0.595. The second-order valence-corrected chi connectivity index (χ2v) is 6.68. The topological polar surface area (TPSA) is 69.4 Å². The van der Waals surface area contributed by atoms with Gasteiger partial charge >= 0.3 is 0 Å². The van der Waals surface area contributed by atoms with Gasteiger partial charge in [-0.05, 0) is 31.2 Å². The Morgan fingerprint density at radius 3 is 2.60 bits per heavy atom. The molecule has 2 N–H and O–H groups in total. The van der Waals surface area contributed by atoms with Crippen LogP contribution in [-0.2, 0) is 14.6 Å². The fourth-order valence-corrected chi connectivity index (χ4v) is 4.42. The van der Waals surface area contributed by atoms with Crippen LogP contribution in [0.2, 0.25) is 0 Å². The van der Waals surface area contributed by atoms with Gasteiger partial charge < -0.3 is 10.5 Å². The maximum absolute atomic E-state index is 11.4. The van der Waals surface area contributed by atoms with Crippen LogP contribution in [0.5, 0.6) is 0 Å². The Bertz CT molecular complexity index is 289. The molecule has 1 rings (SSSR count). The molecule has 1 unspecified atom stereocenters. The van der Waals surface area contributed by atoms with Crippen molar-refractivity contribution in [1.82, 2.24) is 0 Å². The Balaban J connectivity index is 2.42. The highest BCUT2D eigenvalue weighted by atomic mass is 32.2. The molecule has 0 bridgehead atoms. The van der Waals surface area contributed by atoms with Gasteiger partial charge in [-0.15, -0.1) is 0 Å². The van der Waals surface area contributed by atoms with Crippen LogP contribution in [-0.4, -0.2) is 40.2 Å². The normalized spacial score (nSPS) is 29.5. The number of rotatable bonds is 6. The molecular weight excluding hydrogens is 214 g/mol. The Hall–Kier alpha value is -0.130. The van der Waals surface area contributed by atoms with Crippen molar-refractivity contribution in [3.8, 4) is 0 Å². The molecule has 1 aliphatic rings. The molecule has 0 aromatic rings. The van der Waals surface area contributed by atoms with Crippen molar-refractivity contribution in [2.45, 2.75) is 25.7 Å². The molecule has 0 saturated carbocycles. The van der Waals surface area contributed by atoms with Crippen LogP contribution in [0, 0.1) is 5.41 Å². The molecule has 15 heavy (non-hydrogen) atoms. The predicted octanol–water partition coefficient (Wildman–Crippen LogP) is 0.567. The molecule has 1 aliphatic heterocycles. The van der Waals surface area contributed by atoms with Gasteiger partial charge in [-0.2, -0.15) is 0 Å². The van der Waals surface area contributed by atoms with Gasteiger partial charge in [0.15, 0.2) is 9.84 Å². The molecule has 0 radical (unpaired) electrons. The zero-order valence-corrected chi connectivity index (χ0v) is 10.2. The summed E-state index contributed by atoms with van der Waals surface area (Å²) in [6.45, 7) is 1.23. The Labute approximate surface area is 92.1 Å². The summed E-state index contributed by atoms with van der Waals surface area (Å²) in [4.78, 5) is 0. The van der Waals surface area contributed by atoms with Crippen molar-refractivity contribution in [2.75, 3.05) is 31.8 Å². The lowest BCUT2D eigenvalue weighted by atomic mass is 9.82. The fourth-order valence-electron chi connectivity index (χ4n) is 2.19. The summed E-state index contributed by atoms with van der Waals surface area (Å²) < 4.78 is 27.8. The molecule has 0 amide bonds. The first-order chi connectivity index (χ1) is 7.04. The highest BCUT2D eigenvalue weighted by Gasteiger charge is 2.40. The van der Waals surface area contributed by atoms with Gasteiger partial charge in [-0.25, -0.2) is 8.42 Å². The van der Waals surface area contributed by atoms with E-state index in [1.54, 1.807) is 7.11 Å². The number of hydrogen-bond donors (Lipinski definition) is 1. The number of unbranched alkanes of at least 4 members (excludes halogenated alkanes) is 1. The smallest absolute Gasteiger partial charge is 0.150 e. The zero-order chi connectivity index (χ0) is 11.4. The molecule has 1 fully saturated rings. The molecule has 1 atom stereocenters. The number of sulfone groups is 1. The number of methoxy groups -OCH3 is 1. The van der Waals surface area contributed by atoms with Gasteiger partial charge in [-0.3, -0.25) is 0 Å². The van der Waals surface area contributed by atoms with Crippen molar-refractivity contribution in [3.63, 3.8) is 0 Å². The van der Waals surface area contributed by atoms with Crippen LogP contribution in [0.4, 0.5) is 0 Å². The first kappa shape index (κ1) is 12.9. The lowest BCUT2D eigenvalue weighted by Crippen LogP contribution is -2.31. The minimum Gasteiger partial charge on any atom is -0.385 e. The maximum Gasteiger partial charge on any atom is 0.150 e. The minimum atomic E-state index is -2.82. The summed E-state index contributed by atoms with van der Waals surface area (Å²) in [5, 5.41) is 0. The van der Waals surface area contributed by atoms with Crippen LogP contribution in [0.25, 0.3) is 0 Å². The standard InChI is InChI=1S/C10H21NO3S/c1-14-6-3-2-4-10(8-11)5-7-15(12,13)9-10/h2-9,11H2,1H3. The van der Waals surface area contributed by atoms with Gasteiger partial charge in [-0.1, -0.05) is 6.42 Å². The third-order valence-corrected chi connectivity index (χ3v) is 5.09. The van der Waals surface area contributed by atoms with Crippen LogP contribution >= 0.6 is 0 Å². The Morgan fingerprint density at radius 2 is 2.13 bits per heavy atom. The predicted molar refractivity (Wildman–Crippen MR) is 60.5 cm³/mol. The molecule has 0 aliphatic carbocycles. The van der Waals surface area contributed by atoms with Crippen molar-refractivity contribution < 1.29 is 13.2 Å². The molecule has 1 heterocycles. The summed E-state index contributed by atoms with van der Waals surface area (Å²) in [6, 6.07) is 0. The van der Waals surface area contributed by atoms with E-state index in [2.05, 4.69) is 0 Å². The van der Waals surface area contributed by atoms with Crippen LogP contribution < -0.4 is 5.73 Å². The van der Waals surface area contributed by atoms with Gasteiger partial charge in [0.25, 0.3) is 0 Å². The van der Waals surface area contributed by atoms with Gasteiger partial charge in [0.2, 0.25) is 0 Å². The average molecular weight is 235 g/mol. The Morgan fingerprint density at radius 1 is 1.40 bits per heavy atom. The largest absolute Gasteiger partial charge is 0.385 e. The second-order valence-electron chi connectivity index (χ2n) is 4.50. The van der Waals surface area contributed by atoms with E-state index in [0.717, 1.165) is 32.3 Å². The molecule has 0 spiro atoms. The lowest BCUT2D eigenvalue weighted by Gasteiger charge is -2.25. The van der Waals surface area contributed by atoms with E-state index in [-0.39, 0.29) is 11.2 Å². The highest BCUT2D eigenvalue weighted by molar-refractivity contribution is 7.91. The first-order valence-corrected chi connectivity index (χ1v) is 7.25. The number of nitrogens with two attached hydrogens (primary N) is 1. The monoisotopic (exact) mass is 235 g/mol.